The van der Waals surface area contributed by atoms with Gasteiger partial charge in [-0.25, -0.2) is 65.9 Å². The monoisotopic (exact) mass is 799 g/mol. The molecular weight excluding hydrogens is 778 g/mol. The van der Waals surface area contributed by atoms with E-state index >= 15 is 26.3 Å². The topological polar surface area (TPSA) is 4.44 Å². The van der Waals surface area contributed by atoms with Crippen LogP contribution in [-0.2, 0) is 0 Å². The van der Waals surface area contributed by atoms with E-state index in [0.29, 0.717) is 12.1 Å². The maximum absolute atomic E-state index is 15.5. The summed E-state index contributed by atoms with van der Waals surface area (Å²) in [4.78, 5) is 1.33. The van der Waals surface area contributed by atoms with E-state index < -0.39 is 115 Å². The zero-order valence-electron chi connectivity index (χ0n) is 28.1. The van der Waals surface area contributed by atoms with Crippen LogP contribution >= 0.6 is 0 Å². The van der Waals surface area contributed by atoms with Crippen molar-refractivity contribution in [2.24, 2.45) is 0 Å². The van der Waals surface area contributed by atoms with Gasteiger partial charge in [0.15, 0.2) is 52.4 Å². The fourth-order valence-electron chi connectivity index (χ4n) is 6.44. The molecule has 6 aromatic rings. The van der Waals surface area contributed by atoms with Crippen molar-refractivity contribution < 1.29 is 70.8 Å². The summed E-state index contributed by atoms with van der Waals surface area (Å²) in [5, 5.41) is 0. The number of hydrogen-bond acceptors (Lipinski definition) is 0. The van der Waals surface area contributed by atoms with Gasteiger partial charge in [-0.15, -0.1) is 16.4 Å². The third kappa shape index (κ3) is 6.69. The third-order valence-electron chi connectivity index (χ3n) is 9.09. The van der Waals surface area contributed by atoms with E-state index in [1.165, 1.54) is 16.3 Å². The van der Waals surface area contributed by atoms with Crippen LogP contribution in [0.3, 0.4) is 0 Å². The number of rotatable bonds is 7. The molecule has 0 radical (unpaired) electrons. The third-order valence-corrected chi connectivity index (χ3v) is 9.09. The molecule has 56 heavy (non-hydrogen) atoms. The molecule has 0 aliphatic carbocycles. The first-order valence-electron chi connectivity index (χ1n) is 15.8. The minimum atomic E-state index is -5.79. The van der Waals surface area contributed by atoms with E-state index in [-0.39, 0.29) is 5.56 Å². The molecule has 0 saturated carbocycles. The second kappa shape index (κ2) is 16.0. The van der Waals surface area contributed by atoms with E-state index in [2.05, 4.69) is 62.2 Å². The van der Waals surface area contributed by atoms with Crippen LogP contribution in [0.2, 0.25) is 0 Å². The standard InChI is InChI=1S/C26H7BF15.C13H13N/c1-2-7-4-3-5-8(6-7)27(9-12(28)18(34)24(40)19(35)13(9)29,10-14(30)20(36)25(41)21(37)15(10)31)11-16(32)22(38)26(42)23(39)17(11)33;1-14(12-8-4-2-5-9-12)13-10-6-3-7-11-13/h2-6H,1H2;2-11H,1H3/q-1;/p+1. The first-order chi connectivity index (χ1) is 26.4. The van der Waals surface area contributed by atoms with Gasteiger partial charge in [0.05, 0.1) is 7.05 Å². The Hall–Kier alpha value is -5.97. The van der Waals surface area contributed by atoms with Gasteiger partial charge in [-0.05, 0) is 29.8 Å². The Morgan fingerprint density at radius 1 is 0.393 bits per heavy atom. The van der Waals surface area contributed by atoms with Crippen LogP contribution in [-0.4, -0.2) is 13.2 Å². The summed E-state index contributed by atoms with van der Waals surface area (Å²) in [6, 6.07) is 23.5. The van der Waals surface area contributed by atoms with E-state index in [0.717, 1.165) is 18.2 Å². The van der Waals surface area contributed by atoms with Crippen molar-refractivity contribution in [3.8, 4) is 0 Å². The molecule has 0 aliphatic heterocycles. The van der Waals surface area contributed by atoms with Crippen molar-refractivity contribution in [2.75, 3.05) is 7.05 Å². The summed E-state index contributed by atoms with van der Waals surface area (Å²) >= 11 is 0. The molecule has 6 aromatic carbocycles. The smallest absolute Gasteiger partial charge is 0.200 e. The Balaban J connectivity index is 0.000000357. The zero-order valence-corrected chi connectivity index (χ0v) is 28.1. The average Bonchev–Trinajstić information content (AvgIpc) is 3.22. The maximum atomic E-state index is 15.5. The second-order valence-corrected chi connectivity index (χ2v) is 12.0. The minimum absolute atomic E-state index is 0.352. The number of quaternary nitrogens is 1. The molecule has 0 bridgehead atoms. The van der Waals surface area contributed by atoms with Crippen LogP contribution in [0.4, 0.5) is 77.2 Å². The van der Waals surface area contributed by atoms with Crippen LogP contribution in [0.1, 0.15) is 5.56 Å². The fraction of sp³-hybridized carbons (Fsp3) is 0.0256. The molecule has 0 fully saturated rings. The van der Waals surface area contributed by atoms with Crippen molar-refractivity contribution in [3.63, 3.8) is 0 Å². The van der Waals surface area contributed by atoms with Crippen LogP contribution in [0.15, 0.2) is 91.5 Å². The Labute approximate surface area is 307 Å². The molecule has 0 aliphatic rings. The van der Waals surface area contributed by atoms with Crippen molar-refractivity contribution in [1.29, 1.82) is 0 Å². The summed E-state index contributed by atoms with van der Waals surface area (Å²) in [5.74, 6) is -45.7. The predicted molar refractivity (Wildman–Crippen MR) is 179 cm³/mol. The fourth-order valence-corrected chi connectivity index (χ4v) is 6.44. The van der Waals surface area contributed by atoms with E-state index in [1.807, 2.05) is 12.1 Å². The van der Waals surface area contributed by atoms with Gasteiger partial charge in [0.2, 0.25) is 0 Å². The molecule has 290 valence electrons. The van der Waals surface area contributed by atoms with Crippen LogP contribution in [0.25, 0.3) is 6.08 Å². The SMILES string of the molecule is C=Cc1cccc([B-](c2c(F)c(F)c(F)c(F)c2F)(c2c(F)c(F)c(F)c(F)c2F)c2c(F)c(F)c(F)c(F)c2F)c1.C[NH+](c1ccccc1)c1ccccc1. The molecule has 17 heteroatoms. The van der Waals surface area contributed by atoms with E-state index in [4.69, 9.17) is 0 Å². The van der Waals surface area contributed by atoms with Crippen molar-refractivity contribution in [1.82, 2.24) is 0 Å². The lowest BCUT2D eigenvalue weighted by Gasteiger charge is -2.44. The largest absolute Gasteiger partial charge is 0.273 e. The number of para-hydroxylation sites is 2. The van der Waals surface area contributed by atoms with Crippen LogP contribution in [0.5, 0.6) is 0 Å². The predicted octanol–water partition coefficient (Wildman–Crippen LogP) is 7.96. The molecule has 1 nitrogen and oxygen atoms in total. The number of nitrogens with one attached hydrogen (secondary N) is 1. The molecule has 0 amide bonds. The van der Waals surface area contributed by atoms with E-state index in [1.54, 1.807) is 0 Å². The molecule has 6 rings (SSSR count). The number of halogens is 15. The highest BCUT2D eigenvalue weighted by atomic mass is 19.2. The number of hydrogen-bond donors (Lipinski definition) is 1. The summed E-state index contributed by atoms with van der Waals surface area (Å²) in [7, 11) is 2.16. The summed E-state index contributed by atoms with van der Waals surface area (Å²) in [6.07, 6.45) is -4.97. The minimum Gasteiger partial charge on any atom is -0.273 e. The van der Waals surface area contributed by atoms with E-state index in [9.17, 15) is 39.5 Å². The molecular formula is C39H21BF15N. The molecule has 0 aromatic heterocycles. The van der Waals surface area contributed by atoms with Crippen molar-refractivity contribution >= 4 is 45.4 Å². The normalized spacial score (nSPS) is 11.4. The highest BCUT2D eigenvalue weighted by molar-refractivity contribution is 7.20. The first kappa shape index (κ1) is 41.2. The van der Waals surface area contributed by atoms with Gasteiger partial charge >= 0.3 is 0 Å². The molecule has 0 saturated heterocycles. The van der Waals surface area contributed by atoms with Gasteiger partial charge in [-0.3, -0.25) is 4.90 Å². The highest BCUT2D eigenvalue weighted by Crippen LogP contribution is 2.28. The lowest BCUT2D eigenvalue weighted by molar-refractivity contribution is -0.735. The maximum Gasteiger partial charge on any atom is 0.200 e. The van der Waals surface area contributed by atoms with Crippen molar-refractivity contribution in [2.45, 2.75) is 0 Å². The Bertz CT molecular complexity index is 2180. The first-order valence-corrected chi connectivity index (χ1v) is 15.8. The summed E-state index contributed by atoms with van der Waals surface area (Å²) in [6.45, 7) is 3.25. The second-order valence-electron chi connectivity index (χ2n) is 12.0. The van der Waals surface area contributed by atoms with Gasteiger partial charge in [-0.2, -0.15) is 5.46 Å². The molecule has 0 unspecified atom stereocenters. The Morgan fingerprint density at radius 2 is 0.679 bits per heavy atom. The van der Waals surface area contributed by atoms with Gasteiger partial charge in [-0.1, -0.05) is 73.3 Å². The van der Waals surface area contributed by atoms with Gasteiger partial charge in [0, 0.05) is 0 Å². The molecule has 1 N–H and O–H groups in total. The van der Waals surface area contributed by atoms with Gasteiger partial charge in [0.1, 0.15) is 52.4 Å². The number of benzene rings is 6. The summed E-state index contributed by atoms with van der Waals surface area (Å²) in [5.41, 5.74) is -7.29. The highest BCUT2D eigenvalue weighted by Gasteiger charge is 2.49. The molecule has 0 atom stereocenters. The van der Waals surface area contributed by atoms with Gasteiger partial charge < -0.3 is 0 Å². The lowest BCUT2D eigenvalue weighted by Crippen LogP contribution is -2.98. The molecule has 0 heterocycles. The quantitative estimate of drug-likeness (QED) is 0.0725. The zero-order chi connectivity index (χ0) is 41.4. The van der Waals surface area contributed by atoms with Crippen molar-refractivity contribution in [3.05, 3.63) is 184 Å². The Kier molecular flexibility index (Phi) is 11.8. The van der Waals surface area contributed by atoms with Crippen LogP contribution in [0, 0.1) is 87.3 Å². The van der Waals surface area contributed by atoms with Crippen LogP contribution < -0.4 is 26.8 Å². The van der Waals surface area contributed by atoms with Gasteiger partial charge in [0.25, 0.3) is 0 Å². The Morgan fingerprint density at radius 3 is 0.964 bits per heavy atom. The average molecular weight is 799 g/mol. The molecule has 0 spiro atoms. The summed E-state index contributed by atoms with van der Waals surface area (Å²) < 4.78 is 222. The lowest BCUT2D eigenvalue weighted by atomic mass is 9.12.